The van der Waals surface area contributed by atoms with Gasteiger partial charge in [0.2, 0.25) is 0 Å². The molecule has 0 aliphatic heterocycles. The molecule has 1 aromatic heterocycles. The topological polar surface area (TPSA) is 52.3 Å². The smallest absolute Gasteiger partial charge is 0.344 e. The Bertz CT molecular complexity index is 592. The molecule has 2 aromatic rings. The number of hydrogen-bond donors (Lipinski definition) is 0. The quantitative estimate of drug-likeness (QED) is 0.800. The van der Waals surface area contributed by atoms with Crippen LogP contribution in [0.25, 0.3) is 11.3 Å². The van der Waals surface area contributed by atoms with Crippen LogP contribution < -0.4 is 0 Å². The summed E-state index contributed by atoms with van der Waals surface area (Å²) >= 11 is 6.13. The lowest BCUT2D eigenvalue weighted by Crippen LogP contribution is -2.07. The average molecular weight is 280 g/mol. The van der Waals surface area contributed by atoms with Crippen LogP contribution in [0.2, 0.25) is 5.02 Å². The first-order valence-electron chi connectivity index (χ1n) is 6.09. The van der Waals surface area contributed by atoms with Crippen LogP contribution in [0, 0.1) is 0 Å². The van der Waals surface area contributed by atoms with Gasteiger partial charge in [0.25, 0.3) is 0 Å². The van der Waals surface area contributed by atoms with Crippen LogP contribution in [0.15, 0.2) is 28.8 Å². The lowest BCUT2D eigenvalue weighted by molar-refractivity contribution is 0.0524. The highest BCUT2D eigenvalue weighted by molar-refractivity contribution is 6.33. The van der Waals surface area contributed by atoms with Crippen LogP contribution in [-0.4, -0.2) is 17.7 Å². The normalized spacial score (nSPS) is 10.5. The van der Waals surface area contributed by atoms with Gasteiger partial charge >= 0.3 is 5.97 Å². The number of carbonyl (C=O) groups is 1. The fraction of sp³-hybridized carbons (Fsp3) is 0.286. The molecule has 4 nitrogen and oxygen atoms in total. The van der Waals surface area contributed by atoms with Crippen LogP contribution >= 0.6 is 11.6 Å². The molecule has 0 spiro atoms. The van der Waals surface area contributed by atoms with Gasteiger partial charge in [0.1, 0.15) is 11.3 Å². The zero-order valence-electron chi connectivity index (χ0n) is 10.8. The van der Waals surface area contributed by atoms with Gasteiger partial charge in [-0.05, 0) is 13.0 Å². The zero-order valence-corrected chi connectivity index (χ0v) is 11.5. The van der Waals surface area contributed by atoms with Crippen LogP contribution in [0.3, 0.4) is 0 Å². The van der Waals surface area contributed by atoms with Gasteiger partial charge in [-0.3, -0.25) is 0 Å². The predicted molar refractivity (Wildman–Crippen MR) is 72.3 cm³/mol. The molecule has 0 unspecified atom stereocenters. The van der Waals surface area contributed by atoms with E-state index in [1.165, 1.54) is 0 Å². The highest BCUT2D eigenvalue weighted by Crippen LogP contribution is 2.31. The number of nitrogens with zero attached hydrogens (tertiary/aromatic N) is 1. The Labute approximate surface area is 116 Å². The number of esters is 1. The molecule has 100 valence electrons. The van der Waals surface area contributed by atoms with Crippen LogP contribution in [0.1, 0.15) is 30.0 Å². The second-order valence-electron chi connectivity index (χ2n) is 3.88. The minimum atomic E-state index is -0.435. The van der Waals surface area contributed by atoms with E-state index in [9.17, 15) is 4.79 Å². The van der Waals surface area contributed by atoms with Crippen molar-refractivity contribution in [1.29, 1.82) is 0 Å². The highest BCUT2D eigenvalue weighted by Gasteiger charge is 2.25. The Hall–Kier alpha value is -1.81. The fourth-order valence-electron chi connectivity index (χ4n) is 1.82. The monoisotopic (exact) mass is 279 g/mol. The van der Waals surface area contributed by atoms with Crippen LogP contribution in [0.4, 0.5) is 0 Å². The molecule has 0 bridgehead atoms. The minimum absolute atomic E-state index is 0.301. The van der Waals surface area contributed by atoms with Crippen molar-refractivity contribution in [2.75, 3.05) is 6.61 Å². The van der Waals surface area contributed by atoms with E-state index in [1.807, 2.05) is 19.1 Å². The van der Waals surface area contributed by atoms with Crippen molar-refractivity contribution in [2.24, 2.45) is 0 Å². The van der Waals surface area contributed by atoms with E-state index in [2.05, 4.69) is 5.16 Å². The summed E-state index contributed by atoms with van der Waals surface area (Å²) in [7, 11) is 0. The van der Waals surface area contributed by atoms with Crippen molar-refractivity contribution >= 4 is 17.6 Å². The van der Waals surface area contributed by atoms with E-state index in [4.69, 9.17) is 20.9 Å². The van der Waals surface area contributed by atoms with Crippen molar-refractivity contribution in [3.63, 3.8) is 0 Å². The summed E-state index contributed by atoms with van der Waals surface area (Å²) in [5.74, 6) is 0.0730. The third-order valence-corrected chi connectivity index (χ3v) is 3.02. The molecule has 0 aliphatic rings. The summed E-state index contributed by atoms with van der Waals surface area (Å²) in [6.45, 7) is 3.95. The maximum atomic E-state index is 12.0. The van der Waals surface area contributed by atoms with Crippen molar-refractivity contribution in [3.05, 3.63) is 40.6 Å². The minimum Gasteiger partial charge on any atom is -0.462 e. The molecule has 1 aromatic carbocycles. The standard InChI is InChI=1S/C14H14ClNO3/c1-3-11-12(14(17)18-4-2)13(16-19-11)9-7-5-6-8-10(9)15/h5-8H,3-4H2,1-2H3. The second-order valence-corrected chi connectivity index (χ2v) is 4.29. The van der Waals surface area contributed by atoms with E-state index >= 15 is 0 Å². The molecule has 19 heavy (non-hydrogen) atoms. The van der Waals surface area contributed by atoms with Crippen molar-refractivity contribution in [2.45, 2.75) is 20.3 Å². The maximum absolute atomic E-state index is 12.0. The van der Waals surface area contributed by atoms with E-state index < -0.39 is 5.97 Å². The molecule has 2 rings (SSSR count). The summed E-state index contributed by atoms with van der Waals surface area (Å²) in [4.78, 5) is 12.0. The first-order valence-corrected chi connectivity index (χ1v) is 6.47. The van der Waals surface area contributed by atoms with Gasteiger partial charge in [0.15, 0.2) is 5.76 Å². The second kappa shape index (κ2) is 5.89. The predicted octanol–water partition coefficient (Wildman–Crippen LogP) is 3.73. The Balaban J connectivity index is 2.55. The Morgan fingerprint density at radius 2 is 2.11 bits per heavy atom. The van der Waals surface area contributed by atoms with Gasteiger partial charge in [-0.2, -0.15) is 0 Å². The number of ether oxygens (including phenoxy) is 1. The summed E-state index contributed by atoms with van der Waals surface area (Å²) in [6.07, 6.45) is 0.561. The number of halogens is 1. The van der Waals surface area contributed by atoms with E-state index in [0.29, 0.717) is 40.6 Å². The van der Waals surface area contributed by atoms with Crippen molar-refractivity contribution < 1.29 is 14.1 Å². The molecule has 1 heterocycles. The number of aromatic nitrogens is 1. The number of rotatable bonds is 4. The number of hydrogen-bond acceptors (Lipinski definition) is 4. The third-order valence-electron chi connectivity index (χ3n) is 2.69. The molecule has 0 aliphatic carbocycles. The number of aryl methyl sites for hydroxylation is 1. The largest absolute Gasteiger partial charge is 0.462 e. The Kier molecular flexibility index (Phi) is 4.22. The zero-order chi connectivity index (χ0) is 13.8. The summed E-state index contributed by atoms with van der Waals surface area (Å²) in [5.41, 5.74) is 1.45. The van der Waals surface area contributed by atoms with Gasteiger partial charge in [0.05, 0.1) is 11.6 Å². The lowest BCUT2D eigenvalue weighted by Gasteiger charge is -2.04. The average Bonchev–Trinajstić information content (AvgIpc) is 2.83. The Morgan fingerprint density at radius 3 is 2.74 bits per heavy atom. The molecule has 0 fully saturated rings. The first kappa shape index (κ1) is 13.6. The summed E-state index contributed by atoms with van der Waals surface area (Å²) in [5, 5.41) is 4.48. The van der Waals surface area contributed by atoms with E-state index in [-0.39, 0.29) is 0 Å². The molecular weight excluding hydrogens is 266 g/mol. The highest BCUT2D eigenvalue weighted by atomic mass is 35.5. The number of carbonyl (C=O) groups excluding carboxylic acids is 1. The molecular formula is C14H14ClNO3. The Morgan fingerprint density at radius 1 is 1.37 bits per heavy atom. The van der Waals surface area contributed by atoms with Gasteiger partial charge in [-0.15, -0.1) is 0 Å². The lowest BCUT2D eigenvalue weighted by atomic mass is 10.1. The molecule has 0 amide bonds. The molecule has 0 radical (unpaired) electrons. The van der Waals surface area contributed by atoms with Crippen LogP contribution in [-0.2, 0) is 11.2 Å². The van der Waals surface area contributed by atoms with Crippen molar-refractivity contribution in [3.8, 4) is 11.3 Å². The molecule has 0 atom stereocenters. The molecule has 0 saturated carbocycles. The molecule has 0 N–H and O–H groups in total. The molecule has 5 heteroatoms. The van der Waals surface area contributed by atoms with E-state index in [0.717, 1.165) is 0 Å². The van der Waals surface area contributed by atoms with Gasteiger partial charge in [-0.1, -0.05) is 41.9 Å². The third kappa shape index (κ3) is 2.63. The number of benzene rings is 1. The van der Waals surface area contributed by atoms with Crippen LogP contribution in [0.5, 0.6) is 0 Å². The molecule has 0 saturated heterocycles. The summed E-state index contributed by atoms with van der Waals surface area (Å²) < 4.78 is 10.3. The maximum Gasteiger partial charge on any atom is 0.344 e. The van der Waals surface area contributed by atoms with Gasteiger partial charge in [0, 0.05) is 12.0 Å². The first-order chi connectivity index (χ1) is 9.19. The van der Waals surface area contributed by atoms with Crippen molar-refractivity contribution in [1.82, 2.24) is 5.16 Å². The van der Waals surface area contributed by atoms with Gasteiger partial charge in [-0.25, -0.2) is 4.79 Å². The SMILES string of the molecule is CCOC(=O)c1c(-c2ccccc2Cl)noc1CC. The summed E-state index contributed by atoms with van der Waals surface area (Å²) in [6, 6.07) is 7.18. The van der Waals surface area contributed by atoms with E-state index in [1.54, 1.807) is 19.1 Å². The van der Waals surface area contributed by atoms with Gasteiger partial charge < -0.3 is 9.26 Å². The fourth-order valence-corrected chi connectivity index (χ4v) is 2.04.